The first-order valence-electron chi connectivity index (χ1n) is 8.76. The number of aromatic nitrogens is 1. The molecule has 0 unspecified atom stereocenters. The van der Waals surface area contributed by atoms with Crippen LogP contribution in [0.1, 0.15) is 0 Å². The molecule has 0 aliphatic carbocycles. The van der Waals surface area contributed by atoms with E-state index in [1.54, 1.807) is 18.2 Å². The summed E-state index contributed by atoms with van der Waals surface area (Å²) >= 11 is 1.33. The van der Waals surface area contributed by atoms with E-state index in [1.165, 1.54) is 17.4 Å². The fraction of sp³-hybridized carbons (Fsp3) is 0. The van der Waals surface area contributed by atoms with Gasteiger partial charge in [-0.15, -0.1) is 11.3 Å². The first-order valence-corrected chi connectivity index (χ1v) is 9.64. The summed E-state index contributed by atoms with van der Waals surface area (Å²) in [4.78, 5) is 27.7. The number of nitro groups is 1. The first kappa shape index (κ1) is 17.3. The molecule has 0 bridgehead atoms. The third-order valence-corrected chi connectivity index (χ3v) is 5.59. The van der Waals surface area contributed by atoms with E-state index in [9.17, 15) is 14.9 Å². The van der Waals surface area contributed by atoms with Crippen LogP contribution in [-0.4, -0.2) is 9.91 Å². The van der Waals surface area contributed by atoms with Crippen molar-refractivity contribution in [1.82, 2.24) is 4.98 Å². The van der Waals surface area contributed by atoms with Gasteiger partial charge < -0.3 is 4.42 Å². The Morgan fingerprint density at radius 1 is 0.931 bits per heavy atom. The van der Waals surface area contributed by atoms with Gasteiger partial charge in [0.2, 0.25) is 5.58 Å². The van der Waals surface area contributed by atoms with Crippen molar-refractivity contribution in [2.45, 2.75) is 0 Å². The molecule has 0 aliphatic rings. The molecule has 0 saturated carbocycles. The molecule has 0 radical (unpaired) electrons. The van der Waals surface area contributed by atoms with Gasteiger partial charge in [-0.05, 0) is 22.9 Å². The fourth-order valence-corrected chi connectivity index (χ4v) is 4.13. The van der Waals surface area contributed by atoms with Gasteiger partial charge in [0.25, 0.3) is 0 Å². The quantitative estimate of drug-likeness (QED) is 0.222. The van der Waals surface area contributed by atoms with E-state index in [0.717, 1.165) is 22.0 Å². The van der Waals surface area contributed by atoms with Gasteiger partial charge in [0.05, 0.1) is 16.2 Å². The molecule has 0 fully saturated rings. The summed E-state index contributed by atoms with van der Waals surface area (Å²) in [7, 11) is 0. The second-order valence-electron chi connectivity index (χ2n) is 6.50. The van der Waals surface area contributed by atoms with Crippen molar-refractivity contribution in [1.29, 1.82) is 0 Å². The number of hydrogen-bond donors (Lipinski definition) is 0. The second-order valence-corrected chi connectivity index (χ2v) is 7.36. The zero-order chi connectivity index (χ0) is 20.0. The zero-order valence-corrected chi connectivity index (χ0v) is 15.7. The molecule has 0 spiro atoms. The molecule has 5 aromatic rings. The van der Waals surface area contributed by atoms with E-state index in [1.807, 2.05) is 41.8 Å². The zero-order valence-electron chi connectivity index (χ0n) is 14.9. The van der Waals surface area contributed by atoms with Crippen molar-refractivity contribution in [2.75, 3.05) is 0 Å². The molecule has 7 heteroatoms. The number of nitrogens with zero attached hydrogens (tertiary/aromatic N) is 2. The van der Waals surface area contributed by atoms with Gasteiger partial charge in [0.15, 0.2) is 0 Å². The third kappa shape index (κ3) is 2.97. The van der Waals surface area contributed by atoms with Crippen molar-refractivity contribution in [3.8, 4) is 21.8 Å². The maximum atomic E-state index is 12.5. The molecule has 3 aromatic carbocycles. The van der Waals surface area contributed by atoms with Crippen LogP contribution in [0.15, 0.2) is 81.3 Å². The number of para-hydroxylation sites is 1. The molecule has 29 heavy (non-hydrogen) atoms. The van der Waals surface area contributed by atoms with Crippen LogP contribution in [0.4, 0.5) is 5.69 Å². The molecule has 0 aliphatic heterocycles. The van der Waals surface area contributed by atoms with Crippen LogP contribution >= 0.6 is 11.3 Å². The summed E-state index contributed by atoms with van der Waals surface area (Å²) in [5.41, 5.74) is 1.09. The predicted molar refractivity (Wildman–Crippen MR) is 113 cm³/mol. The van der Waals surface area contributed by atoms with Gasteiger partial charge in [0.1, 0.15) is 5.01 Å². The number of rotatable bonds is 3. The topological polar surface area (TPSA) is 86.2 Å². The van der Waals surface area contributed by atoms with Crippen molar-refractivity contribution in [3.63, 3.8) is 0 Å². The highest BCUT2D eigenvalue weighted by Gasteiger charge is 2.18. The molecule has 2 aromatic heterocycles. The Hall–Kier alpha value is -3.84. The van der Waals surface area contributed by atoms with Crippen molar-refractivity contribution >= 4 is 38.8 Å². The Bertz CT molecular complexity index is 1470. The van der Waals surface area contributed by atoms with E-state index in [-0.39, 0.29) is 16.8 Å². The highest BCUT2D eigenvalue weighted by atomic mass is 32.1. The minimum atomic E-state index is -0.647. The lowest BCUT2D eigenvalue weighted by Crippen LogP contribution is -2.03. The first-order chi connectivity index (χ1) is 14.1. The molecule has 0 amide bonds. The number of benzene rings is 3. The molecule has 5 rings (SSSR count). The maximum Gasteiger partial charge on any atom is 0.346 e. The highest BCUT2D eigenvalue weighted by Crippen LogP contribution is 2.32. The van der Waals surface area contributed by atoms with Crippen molar-refractivity contribution in [2.24, 2.45) is 0 Å². The number of non-ortho nitro benzene ring substituents is 1. The van der Waals surface area contributed by atoms with Gasteiger partial charge in [0, 0.05) is 22.4 Å². The lowest BCUT2D eigenvalue weighted by molar-refractivity contribution is -0.383. The molecule has 0 saturated heterocycles. The molecular formula is C22H12N2O4S. The average molecular weight is 400 g/mol. The third-order valence-electron chi connectivity index (χ3n) is 4.72. The molecule has 6 nitrogen and oxygen atoms in total. The minimum Gasteiger partial charge on any atom is -0.415 e. The SMILES string of the molecule is O=c1oc2c([N+](=O)[O-])cccc2cc1-c1nc(-c2ccc3ccccc3c2)cs1. The Kier molecular flexibility index (Phi) is 3.96. The average Bonchev–Trinajstić information content (AvgIpc) is 3.22. The van der Waals surface area contributed by atoms with Crippen molar-refractivity contribution in [3.05, 3.63) is 92.6 Å². The van der Waals surface area contributed by atoms with Crippen LogP contribution in [0.5, 0.6) is 0 Å². The van der Waals surface area contributed by atoms with E-state index in [4.69, 9.17) is 4.42 Å². The summed E-state index contributed by atoms with van der Waals surface area (Å²) < 4.78 is 5.28. The summed E-state index contributed by atoms with van der Waals surface area (Å²) in [5, 5.41) is 16.3. The van der Waals surface area contributed by atoms with Crippen LogP contribution < -0.4 is 5.63 Å². The highest BCUT2D eigenvalue weighted by molar-refractivity contribution is 7.13. The molecule has 0 atom stereocenters. The lowest BCUT2D eigenvalue weighted by atomic mass is 10.1. The molecule has 140 valence electrons. The van der Waals surface area contributed by atoms with Crippen LogP contribution in [-0.2, 0) is 0 Å². The van der Waals surface area contributed by atoms with Gasteiger partial charge in [-0.2, -0.15) is 0 Å². The van der Waals surface area contributed by atoms with Gasteiger partial charge in [-0.1, -0.05) is 48.5 Å². The summed E-state index contributed by atoms with van der Waals surface area (Å²) in [6, 6.07) is 20.3. The second kappa shape index (κ2) is 6.65. The van der Waals surface area contributed by atoms with E-state index in [2.05, 4.69) is 11.1 Å². The predicted octanol–water partition coefficient (Wildman–Crippen LogP) is 5.64. The van der Waals surface area contributed by atoms with Gasteiger partial charge in [-0.3, -0.25) is 10.1 Å². The largest absolute Gasteiger partial charge is 0.415 e. The molecule has 0 N–H and O–H groups in total. The van der Waals surface area contributed by atoms with Crippen LogP contribution in [0.25, 0.3) is 43.6 Å². The number of fused-ring (bicyclic) bond motifs is 2. The number of nitro benzene ring substituents is 1. The normalized spacial score (nSPS) is 11.2. The van der Waals surface area contributed by atoms with Gasteiger partial charge in [-0.25, -0.2) is 9.78 Å². The van der Waals surface area contributed by atoms with E-state index >= 15 is 0 Å². The monoisotopic (exact) mass is 400 g/mol. The summed E-state index contributed by atoms with van der Waals surface area (Å²) in [5.74, 6) is 0. The summed E-state index contributed by atoms with van der Waals surface area (Å²) in [6.45, 7) is 0. The van der Waals surface area contributed by atoms with Crippen molar-refractivity contribution < 1.29 is 9.34 Å². The van der Waals surface area contributed by atoms with Crippen LogP contribution in [0.2, 0.25) is 0 Å². The minimum absolute atomic E-state index is 0.0300. The molecular weight excluding hydrogens is 388 g/mol. The number of hydrogen-bond acceptors (Lipinski definition) is 6. The fourth-order valence-electron chi connectivity index (χ4n) is 3.30. The molecule has 2 heterocycles. The Labute approximate surface area is 167 Å². The Morgan fingerprint density at radius 3 is 2.55 bits per heavy atom. The lowest BCUT2D eigenvalue weighted by Gasteiger charge is -2.01. The smallest absolute Gasteiger partial charge is 0.346 e. The summed E-state index contributed by atoms with van der Waals surface area (Å²) in [6.07, 6.45) is 0. The standard InChI is InChI=1S/C22H12N2O4S/c25-22-17(11-16-6-3-7-19(24(26)27)20(16)28-22)21-23-18(12-29-21)15-9-8-13-4-1-2-5-14(13)10-15/h1-12H. The number of thiazole rings is 1. The Balaban J connectivity index is 1.61. The van der Waals surface area contributed by atoms with Crippen LogP contribution in [0, 0.1) is 10.1 Å². The van der Waals surface area contributed by atoms with Crippen LogP contribution in [0.3, 0.4) is 0 Å². The maximum absolute atomic E-state index is 12.5. The van der Waals surface area contributed by atoms with Gasteiger partial charge >= 0.3 is 11.3 Å². The van der Waals surface area contributed by atoms with E-state index < -0.39 is 10.5 Å². The van der Waals surface area contributed by atoms with E-state index in [0.29, 0.717) is 10.4 Å². The Morgan fingerprint density at radius 2 is 1.72 bits per heavy atom.